The summed E-state index contributed by atoms with van der Waals surface area (Å²) in [5.41, 5.74) is -1.28. The second kappa shape index (κ2) is 10.2. The van der Waals surface area contributed by atoms with E-state index in [2.05, 4.69) is 30.6 Å². The molecule has 0 atom stereocenters. The van der Waals surface area contributed by atoms with Gasteiger partial charge in [-0.25, -0.2) is 18.1 Å². The first-order chi connectivity index (χ1) is 16.6. The highest BCUT2D eigenvalue weighted by molar-refractivity contribution is 7.89. The Morgan fingerprint density at radius 1 is 0.889 bits per heavy atom. The number of hydrogen-bond acceptors (Lipinski definition) is 8. The van der Waals surface area contributed by atoms with E-state index in [4.69, 9.17) is 0 Å². The van der Waals surface area contributed by atoms with Crippen LogP contribution in [0, 0.1) is 0 Å². The first-order valence-corrected chi connectivity index (χ1v) is 11.6. The minimum absolute atomic E-state index is 0.00710. The van der Waals surface area contributed by atoms with Crippen molar-refractivity contribution in [3.05, 3.63) is 48.2 Å². The molecule has 3 rings (SSSR count). The monoisotopic (exact) mass is 535 g/mol. The fourth-order valence-corrected chi connectivity index (χ4v) is 3.78. The molecule has 0 unspecified atom stereocenters. The van der Waals surface area contributed by atoms with Crippen LogP contribution in [-0.2, 0) is 16.2 Å². The second-order valence-corrected chi connectivity index (χ2v) is 9.37. The third kappa shape index (κ3) is 7.48. The summed E-state index contributed by atoms with van der Waals surface area (Å²) in [6.07, 6.45) is -9.45. The number of rotatable bonds is 8. The highest BCUT2D eigenvalue weighted by Crippen LogP contribution is 2.29. The highest BCUT2D eigenvalue weighted by atomic mass is 32.2. The molecule has 3 N–H and O–H groups in total. The lowest BCUT2D eigenvalue weighted by Gasteiger charge is -2.13. The Bertz CT molecular complexity index is 1330. The maximum absolute atomic E-state index is 13.1. The average molecular weight is 535 g/mol. The Hall–Kier alpha value is -3.53. The number of nitrogens with zero attached hydrogens (tertiary/aromatic N) is 4. The number of pyridine rings is 1. The Kier molecular flexibility index (Phi) is 7.68. The molecule has 2 aromatic heterocycles. The van der Waals surface area contributed by atoms with Crippen molar-refractivity contribution in [2.24, 2.45) is 0 Å². The van der Waals surface area contributed by atoms with E-state index in [1.54, 1.807) is 13.8 Å². The smallest absolute Gasteiger partial charge is 0.352 e. The molecule has 0 saturated heterocycles. The van der Waals surface area contributed by atoms with Gasteiger partial charge in [0.05, 0.1) is 4.90 Å². The number of aromatic nitrogens is 4. The van der Waals surface area contributed by atoms with E-state index in [0.717, 1.165) is 24.3 Å². The fraction of sp³-hybridized carbons (Fsp3) is 0.300. The molecule has 1 aromatic carbocycles. The molecule has 3 aromatic rings. The first kappa shape index (κ1) is 27.1. The molecule has 0 fully saturated rings. The minimum Gasteiger partial charge on any atom is -0.352 e. The summed E-state index contributed by atoms with van der Waals surface area (Å²) in [6, 6.07) is 7.82. The van der Waals surface area contributed by atoms with Crippen LogP contribution in [0.4, 0.5) is 43.9 Å². The fourth-order valence-electron chi connectivity index (χ4n) is 2.72. The van der Waals surface area contributed by atoms with Crippen LogP contribution >= 0.6 is 0 Å². The van der Waals surface area contributed by atoms with E-state index >= 15 is 0 Å². The summed E-state index contributed by atoms with van der Waals surface area (Å²) in [5, 5.41) is 5.58. The van der Waals surface area contributed by atoms with Crippen LogP contribution in [0.5, 0.6) is 0 Å². The number of anilines is 3. The van der Waals surface area contributed by atoms with Gasteiger partial charge in [0.25, 0.3) is 0 Å². The molecule has 0 radical (unpaired) electrons. The van der Waals surface area contributed by atoms with Crippen LogP contribution in [0.3, 0.4) is 0 Å². The third-order valence-corrected chi connectivity index (χ3v) is 5.58. The van der Waals surface area contributed by atoms with Crippen LogP contribution < -0.4 is 15.4 Å². The van der Waals surface area contributed by atoms with E-state index < -0.39 is 39.5 Å². The number of hydrogen-bond donors (Lipinski definition) is 3. The molecule has 0 aliphatic carbocycles. The quantitative estimate of drug-likeness (QED) is 0.364. The standard InChI is InChI=1S/C20H19F6N7O2S/c1-11(2)28-17-31-16(14-7-4-8-15(30-14)20(24,25)26)32-18(33-17)29-12-5-3-6-13(9-12)36(34,35)27-10-19(21,22)23/h3-9,11,27H,10H2,1-2H3,(H2,28,29,31,32,33). The van der Waals surface area contributed by atoms with Crippen molar-refractivity contribution >= 4 is 27.6 Å². The largest absolute Gasteiger partial charge is 0.433 e. The second-order valence-electron chi connectivity index (χ2n) is 7.60. The van der Waals surface area contributed by atoms with Gasteiger partial charge in [-0.15, -0.1) is 0 Å². The highest BCUT2D eigenvalue weighted by Gasteiger charge is 2.33. The predicted octanol–water partition coefficient (Wildman–Crippen LogP) is 4.36. The van der Waals surface area contributed by atoms with Crippen LogP contribution in [0.2, 0.25) is 0 Å². The van der Waals surface area contributed by atoms with Gasteiger partial charge < -0.3 is 10.6 Å². The number of halogens is 6. The van der Waals surface area contributed by atoms with Gasteiger partial charge in [0.15, 0.2) is 5.82 Å². The predicted molar refractivity (Wildman–Crippen MR) is 118 cm³/mol. The Morgan fingerprint density at radius 2 is 1.56 bits per heavy atom. The molecule has 0 spiro atoms. The molecule has 194 valence electrons. The van der Waals surface area contributed by atoms with E-state index in [9.17, 15) is 34.8 Å². The molecule has 0 aliphatic heterocycles. The maximum Gasteiger partial charge on any atom is 0.433 e. The summed E-state index contributed by atoms with van der Waals surface area (Å²) in [6.45, 7) is 1.78. The van der Waals surface area contributed by atoms with Crippen LogP contribution in [-0.4, -0.2) is 47.1 Å². The molecular formula is C20H19F6N7O2S. The van der Waals surface area contributed by atoms with Crippen molar-refractivity contribution in [1.29, 1.82) is 0 Å². The van der Waals surface area contributed by atoms with E-state index in [0.29, 0.717) is 0 Å². The minimum atomic E-state index is -4.75. The maximum atomic E-state index is 13.1. The van der Waals surface area contributed by atoms with Crippen molar-refractivity contribution < 1.29 is 34.8 Å². The average Bonchev–Trinajstić information content (AvgIpc) is 2.76. The van der Waals surface area contributed by atoms with Gasteiger partial charge in [-0.1, -0.05) is 12.1 Å². The summed E-state index contributed by atoms with van der Waals surface area (Å²) in [5.74, 6) is -0.398. The van der Waals surface area contributed by atoms with E-state index in [1.165, 1.54) is 22.9 Å². The zero-order valence-corrected chi connectivity index (χ0v) is 19.4. The van der Waals surface area contributed by atoms with Gasteiger partial charge in [0.1, 0.15) is 17.9 Å². The van der Waals surface area contributed by atoms with Crippen LogP contribution in [0.1, 0.15) is 19.5 Å². The van der Waals surface area contributed by atoms with Gasteiger partial charge >= 0.3 is 12.4 Å². The van der Waals surface area contributed by atoms with Gasteiger partial charge in [0.2, 0.25) is 21.9 Å². The van der Waals surface area contributed by atoms with Crippen molar-refractivity contribution in [2.45, 2.75) is 37.1 Å². The Labute approximate surface area is 201 Å². The lowest BCUT2D eigenvalue weighted by Crippen LogP contribution is -2.33. The summed E-state index contributed by atoms with van der Waals surface area (Å²) < 4.78 is 102. The van der Waals surface area contributed by atoms with Crippen LogP contribution in [0.15, 0.2) is 47.4 Å². The van der Waals surface area contributed by atoms with Crippen molar-refractivity contribution in [3.8, 4) is 11.5 Å². The third-order valence-electron chi connectivity index (χ3n) is 4.18. The van der Waals surface area contributed by atoms with Gasteiger partial charge in [-0.3, -0.25) is 0 Å². The molecule has 16 heteroatoms. The van der Waals surface area contributed by atoms with Gasteiger partial charge in [-0.2, -0.15) is 41.3 Å². The number of sulfonamides is 1. The van der Waals surface area contributed by atoms with Crippen molar-refractivity contribution in [1.82, 2.24) is 24.7 Å². The zero-order valence-electron chi connectivity index (χ0n) is 18.6. The Balaban J connectivity index is 1.96. The van der Waals surface area contributed by atoms with Gasteiger partial charge in [-0.05, 0) is 44.2 Å². The summed E-state index contributed by atoms with van der Waals surface area (Å²) >= 11 is 0. The van der Waals surface area contributed by atoms with Crippen molar-refractivity contribution in [3.63, 3.8) is 0 Å². The van der Waals surface area contributed by atoms with Crippen LogP contribution in [0.25, 0.3) is 11.5 Å². The van der Waals surface area contributed by atoms with Crippen molar-refractivity contribution in [2.75, 3.05) is 17.2 Å². The molecule has 0 saturated carbocycles. The normalized spacial score (nSPS) is 12.6. The van der Waals surface area contributed by atoms with E-state index in [-0.39, 0.29) is 35.1 Å². The lowest BCUT2D eigenvalue weighted by atomic mass is 10.3. The molecule has 0 aliphatic rings. The zero-order chi connectivity index (χ0) is 26.7. The molecule has 9 nitrogen and oxygen atoms in total. The lowest BCUT2D eigenvalue weighted by molar-refractivity contribution is -0.141. The summed E-state index contributed by atoms with van der Waals surface area (Å²) in [7, 11) is -4.49. The van der Waals surface area contributed by atoms with E-state index in [1.807, 2.05) is 0 Å². The topological polar surface area (TPSA) is 122 Å². The Morgan fingerprint density at radius 3 is 2.19 bits per heavy atom. The van der Waals surface area contributed by atoms with Gasteiger partial charge in [0, 0.05) is 11.7 Å². The molecule has 0 amide bonds. The number of alkyl halides is 6. The first-order valence-electron chi connectivity index (χ1n) is 10.1. The molecular weight excluding hydrogens is 516 g/mol. The molecule has 36 heavy (non-hydrogen) atoms. The SMILES string of the molecule is CC(C)Nc1nc(Nc2cccc(S(=O)(=O)NCC(F)(F)F)c2)nc(-c2cccc(C(F)(F)F)n2)n1. The molecule has 0 bridgehead atoms. The number of nitrogens with one attached hydrogen (secondary N) is 3. The molecule has 2 heterocycles. The summed E-state index contributed by atoms with van der Waals surface area (Å²) in [4.78, 5) is 15.4. The number of benzene rings is 1.